The summed E-state index contributed by atoms with van der Waals surface area (Å²) in [4.78, 5) is 24.9. The van der Waals surface area contributed by atoms with Crippen molar-refractivity contribution in [2.24, 2.45) is 5.10 Å². The lowest BCUT2D eigenvalue weighted by Crippen LogP contribution is -2.33. The first kappa shape index (κ1) is 27.7. The molecule has 0 aliphatic heterocycles. The number of rotatable bonds is 12. The van der Waals surface area contributed by atoms with Crippen LogP contribution in [0, 0.1) is 0 Å². The minimum Gasteiger partial charge on any atom is -0.494 e. The summed E-state index contributed by atoms with van der Waals surface area (Å²) in [6, 6.07) is 18.9. The van der Waals surface area contributed by atoms with Gasteiger partial charge >= 0.3 is 5.97 Å². The molecular formula is C28H29BrN2O6. The van der Waals surface area contributed by atoms with Crippen LogP contribution in [0.2, 0.25) is 0 Å². The van der Waals surface area contributed by atoms with E-state index in [1.807, 2.05) is 12.1 Å². The molecule has 0 saturated carbocycles. The number of carbonyl (C=O) groups is 2. The van der Waals surface area contributed by atoms with Gasteiger partial charge in [0.15, 0.2) is 17.6 Å². The molecule has 0 radical (unpaired) electrons. The second kappa shape index (κ2) is 14.0. The third-order valence-electron chi connectivity index (χ3n) is 5.13. The van der Waals surface area contributed by atoms with Crippen LogP contribution < -0.4 is 24.4 Å². The summed E-state index contributed by atoms with van der Waals surface area (Å²) < 4.78 is 23.0. The van der Waals surface area contributed by atoms with Gasteiger partial charge in [0.05, 0.1) is 25.5 Å². The third kappa shape index (κ3) is 8.64. The minimum absolute atomic E-state index is 0.258. The molecule has 9 heteroatoms. The van der Waals surface area contributed by atoms with Crippen molar-refractivity contribution in [2.75, 3.05) is 13.7 Å². The molecule has 0 unspecified atom stereocenters. The van der Waals surface area contributed by atoms with E-state index in [2.05, 4.69) is 33.4 Å². The van der Waals surface area contributed by atoms with Crippen molar-refractivity contribution in [1.29, 1.82) is 0 Å². The molecule has 0 aliphatic carbocycles. The van der Waals surface area contributed by atoms with Crippen LogP contribution in [0.4, 0.5) is 0 Å². The van der Waals surface area contributed by atoms with Gasteiger partial charge in [-0.1, -0.05) is 29.3 Å². The SMILES string of the molecule is CCCCOc1ccc(C(=O)Oc2ccc(/C=N\NC(=O)[C@@H](C)Oc3ccc(Br)cc3)cc2OC)cc1. The molecule has 0 fully saturated rings. The Morgan fingerprint density at radius 2 is 1.70 bits per heavy atom. The van der Waals surface area contributed by atoms with Crippen LogP contribution in [0.15, 0.2) is 76.3 Å². The molecular weight excluding hydrogens is 540 g/mol. The van der Waals surface area contributed by atoms with Gasteiger partial charge in [-0.3, -0.25) is 4.79 Å². The number of methoxy groups -OCH3 is 1. The molecule has 0 aromatic heterocycles. The van der Waals surface area contributed by atoms with E-state index >= 15 is 0 Å². The highest BCUT2D eigenvalue weighted by molar-refractivity contribution is 9.10. The van der Waals surface area contributed by atoms with Gasteiger partial charge in [-0.15, -0.1) is 0 Å². The third-order valence-corrected chi connectivity index (χ3v) is 5.66. The number of esters is 1. The number of ether oxygens (including phenoxy) is 4. The standard InChI is InChI=1S/C28H29BrN2O6/c1-4-5-16-35-23-11-7-21(8-12-23)28(33)37-25-15-6-20(17-26(25)34-3)18-30-31-27(32)19(2)36-24-13-9-22(29)10-14-24/h6-15,17-19H,4-5,16H2,1-3H3,(H,31,32)/b30-18-/t19-/m1/s1. The molecule has 1 N–H and O–H groups in total. The van der Waals surface area contributed by atoms with Gasteiger partial charge in [-0.05, 0) is 85.6 Å². The highest BCUT2D eigenvalue weighted by Gasteiger charge is 2.15. The first-order chi connectivity index (χ1) is 17.9. The summed E-state index contributed by atoms with van der Waals surface area (Å²) in [5, 5.41) is 3.98. The van der Waals surface area contributed by atoms with Crippen molar-refractivity contribution in [3.63, 3.8) is 0 Å². The molecule has 0 saturated heterocycles. The summed E-state index contributed by atoms with van der Waals surface area (Å²) in [7, 11) is 1.47. The van der Waals surface area contributed by atoms with E-state index in [1.54, 1.807) is 61.5 Å². The molecule has 0 spiro atoms. The van der Waals surface area contributed by atoms with E-state index in [0.29, 0.717) is 35.0 Å². The van der Waals surface area contributed by atoms with Gasteiger partial charge in [-0.25, -0.2) is 10.2 Å². The number of halogens is 1. The van der Waals surface area contributed by atoms with Gasteiger partial charge in [0.2, 0.25) is 0 Å². The fourth-order valence-corrected chi connectivity index (χ4v) is 3.33. The fourth-order valence-electron chi connectivity index (χ4n) is 3.06. The summed E-state index contributed by atoms with van der Waals surface area (Å²) in [5.74, 6) is 0.947. The van der Waals surface area contributed by atoms with Crippen LogP contribution >= 0.6 is 15.9 Å². The number of benzene rings is 3. The van der Waals surface area contributed by atoms with Crippen molar-refractivity contribution in [2.45, 2.75) is 32.8 Å². The molecule has 0 heterocycles. The van der Waals surface area contributed by atoms with Gasteiger partial charge in [0, 0.05) is 4.47 Å². The van der Waals surface area contributed by atoms with Gasteiger partial charge in [0.1, 0.15) is 11.5 Å². The van der Waals surface area contributed by atoms with Crippen LogP contribution in [-0.4, -0.2) is 37.9 Å². The maximum absolute atomic E-state index is 12.6. The number of hydrogen-bond acceptors (Lipinski definition) is 7. The number of hydrazone groups is 1. The number of nitrogens with one attached hydrogen (secondary N) is 1. The zero-order chi connectivity index (χ0) is 26.6. The molecule has 194 valence electrons. The Morgan fingerprint density at radius 1 is 1.00 bits per heavy atom. The normalized spacial score (nSPS) is 11.6. The fraction of sp³-hybridized carbons (Fsp3) is 0.250. The molecule has 1 atom stereocenters. The number of amides is 1. The Bertz CT molecular complexity index is 1210. The predicted octanol–water partition coefficient (Wildman–Crippen LogP) is 5.77. The topological polar surface area (TPSA) is 95.5 Å². The maximum atomic E-state index is 12.6. The predicted molar refractivity (Wildman–Crippen MR) is 145 cm³/mol. The van der Waals surface area contributed by atoms with E-state index < -0.39 is 18.0 Å². The van der Waals surface area contributed by atoms with E-state index in [0.717, 1.165) is 17.3 Å². The summed E-state index contributed by atoms with van der Waals surface area (Å²) in [5.41, 5.74) is 3.47. The lowest BCUT2D eigenvalue weighted by Gasteiger charge is -2.13. The zero-order valence-electron chi connectivity index (χ0n) is 20.9. The summed E-state index contributed by atoms with van der Waals surface area (Å²) >= 11 is 3.35. The van der Waals surface area contributed by atoms with Crippen molar-refractivity contribution in [3.8, 4) is 23.0 Å². The Hall–Kier alpha value is -3.85. The van der Waals surface area contributed by atoms with E-state index in [-0.39, 0.29) is 5.75 Å². The van der Waals surface area contributed by atoms with Crippen molar-refractivity contribution >= 4 is 34.0 Å². The number of carbonyl (C=O) groups excluding carboxylic acids is 2. The van der Waals surface area contributed by atoms with E-state index in [9.17, 15) is 9.59 Å². The second-order valence-corrected chi connectivity index (χ2v) is 8.89. The lowest BCUT2D eigenvalue weighted by molar-refractivity contribution is -0.127. The van der Waals surface area contributed by atoms with Crippen molar-refractivity contribution < 1.29 is 28.5 Å². The smallest absolute Gasteiger partial charge is 0.343 e. The van der Waals surface area contributed by atoms with Crippen molar-refractivity contribution in [3.05, 3.63) is 82.3 Å². The van der Waals surface area contributed by atoms with Gasteiger partial charge in [-0.2, -0.15) is 5.10 Å². The average Bonchev–Trinajstić information content (AvgIpc) is 2.91. The molecule has 3 rings (SSSR count). The average molecular weight is 569 g/mol. The summed E-state index contributed by atoms with van der Waals surface area (Å²) in [6.07, 6.45) is 2.73. The Kier molecular flexibility index (Phi) is 10.5. The quantitative estimate of drug-likeness (QED) is 0.0978. The number of nitrogens with zero attached hydrogens (tertiary/aromatic N) is 1. The van der Waals surface area contributed by atoms with Crippen LogP contribution in [0.5, 0.6) is 23.0 Å². The van der Waals surface area contributed by atoms with Crippen LogP contribution in [0.3, 0.4) is 0 Å². The lowest BCUT2D eigenvalue weighted by atomic mass is 10.2. The maximum Gasteiger partial charge on any atom is 0.343 e. The van der Waals surface area contributed by atoms with Crippen LogP contribution in [0.1, 0.15) is 42.6 Å². The largest absolute Gasteiger partial charge is 0.494 e. The molecule has 0 aliphatic rings. The summed E-state index contributed by atoms with van der Waals surface area (Å²) in [6.45, 7) is 4.36. The Balaban J connectivity index is 1.55. The monoisotopic (exact) mass is 568 g/mol. The molecule has 8 nitrogen and oxygen atoms in total. The van der Waals surface area contributed by atoms with Gasteiger partial charge in [0.25, 0.3) is 5.91 Å². The Labute approximate surface area is 224 Å². The number of unbranched alkanes of at least 4 members (excludes halogenated alkanes) is 1. The molecule has 3 aromatic rings. The molecule has 0 bridgehead atoms. The number of hydrogen-bond donors (Lipinski definition) is 1. The highest BCUT2D eigenvalue weighted by Crippen LogP contribution is 2.28. The molecule has 1 amide bonds. The highest BCUT2D eigenvalue weighted by atomic mass is 79.9. The molecule has 3 aromatic carbocycles. The Morgan fingerprint density at radius 3 is 2.38 bits per heavy atom. The molecule has 37 heavy (non-hydrogen) atoms. The first-order valence-corrected chi connectivity index (χ1v) is 12.6. The van der Waals surface area contributed by atoms with Gasteiger partial charge < -0.3 is 18.9 Å². The van der Waals surface area contributed by atoms with E-state index in [4.69, 9.17) is 18.9 Å². The zero-order valence-corrected chi connectivity index (χ0v) is 22.5. The second-order valence-electron chi connectivity index (χ2n) is 7.97. The van der Waals surface area contributed by atoms with E-state index in [1.165, 1.54) is 13.3 Å². The van der Waals surface area contributed by atoms with Crippen LogP contribution in [0.25, 0.3) is 0 Å². The first-order valence-electron chi connectivity index (χ1n) is 11.8. The minimum atomic E-state index is -0.744. The van der Waals surface area contributed by atoms with Crippen LogP contribution in [-0.2, 0) is 4.79 Å². The van der Waals surface area contributed by atoms with Crippen molar-refractivity contribution in [1.82, 2.24) is 5.43 Å².